The van der Waals surface area contributed by atoms with Crippen molar-refractivity contribution in [1.82, 2.24) is 9.88 Å². The fourth-order valence-corrected chi connectivity index (χ4v) is 3.37. The van der Waals surface area contributed by atoms with Crippen molar-refractivity contribution in [2.75, 3.05) is 7.05 Å². The number of nitrogens with zero attached hydrogens (tertiary/aromatic N) is 1. The molecule has 2 aromatic carbocycles. The molecule has 0 fully saturated rings. The Morgan fingerprint density at radius 1 is 1.12 bits per heavy atom. The second-order valence-electron chi connectivity index (χ2n) is 5.85. The summed E-state index contributed by atoms with van der Waals surface area (Å²) in [6.45, 7) is 1.75. The van der Waals surface area contributed by atoms with Gasteiger partial charge in [0.1, 0.15) is 5.75 Å². The van der Waals surface area contributed by atoms with Crippen LogP contribution >= 0.6 is 23.2 Å². The molecule has 0 saturated heterocycles. The molecule has 1 aromatic heterocycles. The second kappa shape index (κ2) is 7.02. The SMILES string of the molecule is CNC(=O)Cc1c(C)n(C(=O)c2ccc(Cl)cc2)c2ccc(O)c(Cl)c12. The van der Waals surface area contributed by atoms with Crippen LogP contribution in [-0.2, 0) is 11.2 Å². The molecule has 26 heavy (non-hydrogen) atoms. The number of halogens is 2. The number of aromatic nitrogens is 1. The van der Waals surface area contributed by atoms with E-state index in [1.807, 2.05) is 0 Å². The molecule has 1 heterocycles. The van der Waals surface area contributed by atoms with Crippen molar-refractivity contribution in [2.24, 2.45) is 0 Å². The lowest BCUT2D eigenvalue weighted by Gasteiger charge is -2.08. The normalized spacial score (nSPS) is 10.9. The predicted octanol–water partition coefficient (Wildman–Crippen LogP) is 3.94. The van der Waals surface area contributed by atoms with Crippen LogP contribution in [0.4, 0.5) is 0 Å². The van der Waals surface area contributed by atoms with Gasteiger partial charge in [0, 0.05) is 28.7 Å². The molecule has 0 aliphatic carbocycles. The Morgan fingerprint density at radius 2 is 1.77 bits per heavy atom. The fraction of sp³-hybridized carbons (Fsp3) is 0.158. The second-order valence-corrected chi connectivity index (χ2v) is 6.67. The van der Waals surface area contributed by atoms with Crippen molar-refractivity contribution in [3.05, 3.63) is 63.3 Å². The standard InChI is InChI=1S/C19H16Cl2N2O3/c1-10-13(9-16(25)22-2)17-14(7-8-15(24)18(17)21)23(10)19(26)11-3-5-12(20)6-4-11/h3-8,24H,9H2,1-2H3,(H,22,25). The smallest absolute Gasteiger partial charge is 0.262 e. The highest BCUT2D eigenvalue weighted by Gasteiger charge is 2.24. The average molecular weight is 391 g/mol. The topological polar surface area (TPSA) is 71.3 Å². The number of benzene rings is 2. The first-order valence-electron chi connectivity index (χ1n) is 7.87. The van der Waals surface area contributed by atoms with E-state index in [1.165, 1.54) is 17.7 Å². The maximum Gasteiger partial charge on any atom is 0.262 e. The van der Waals surface area contributed by atoms with E-state index in [4.69, 9.17) is 23.2 Å². The van der Waals surface area contributed by atoms with Crippen LogP contribution < -0.4 is 5.32 Å². The summed E-state index contributed by atoms with van der Waals surface area (Å²) in [6.07, 6.45) is 0.0445. The molecule has 0 aliphatic heterocycles. The van der Waals surface area contributed by atoms with Crippen LogP contribution in [0, 0.1) is 6.92 Å². The number of carbonyl (C=O) groups excluding carboxylic acids is 2. The number of phenols is 1. The van der Waals surface area contributed by atoms with Crippen molar-refractivity contribution in [2.45, 2.75) is 13.3 Å². The maximum atomic E-state index is 13.1. The summed E-state index contributed by atoms with van der Waals surface area (Å²) in [5.41, 5.74) is 2.17. The Balaban J connectivity index is 2.27. The van der Waals surface area contributed by atoms with E-state index in [-0.39, 0.29) is 29.0 Å². The van der Waals surface area contributed by atoms with Crippen molar-refractivity contribution >= 4 is 45.9 Å². The molecule has 7 heteroatoms. The van der Waals surface area contributed by atoms with Gasteiger partial charge in [-0.3, -0.25) is 14.2 Å². The van der Waals surface area contributed by atoms with Gasteiger partial charge >= 0.3 is 0 Å². The Hall–Kier alpha value is -2.50. The number of carbonyl (C=O) groups is 2. The Morgan fingerprint density at radius 3 is 2.38 bits per heavy atom. The molecule has 0 saturated carbocycles. The van der Waals surface area contributed by atoms with Gasteiger partial charge < -0.3 is 10.4 Å². The van der Waals surface area contributed by atoms with E-state index < -0.39 is 0 Å². The number of phenolic OH excluding ortho intramolecular Hbond substituents is 1. The zero-order valence-electron chi connectivity index (χ0n) is 14.1. The van der Waals surface area contributed by atoms with Crippen molar-refractivity contribution in [3.8, 4) is 5.75 Å². The monoisotopic (exact) mass is 390 g/mol. The Bertz CT molecular complexity index is 1020. The van der Waals surface area contributed by atoms with Gasteiger partial charge in [0.15, 0.2) is 0 Å². The molecule has 0 bridgehead atoms. The average Bonchev–Trinajstić information content (AvgIpc) is 2.90. The maximum absolute atomic E-state index is 13.1. The Labute approximate surface area is 160 Å². The van der Waals surface area contributed by atoms with Crippen LogP contribution in [0.3, 0.4) is 0 Å². The highest BCUT2D eigenvalue weighted by Crippen LogP contribution is 2.38. The molecule has 2 N–H and O–H groups in total. The lowest BCUT2D eigenvalue weighted by Crippen LogP contribution is -2.20. The number of amides is 1. The molecular weight excluding hydrogens is 375 g/mol. The first-order chi connectivity index (χ1) is 12.3. The molecular formula is C19H16Cl2N2O3. The summed E-state index contributed by atoms with van der Waals surface area (Å²) >= 11 is 12.2. The van der Waals surface area contributed by atoms with Crippen molar-refractivity contribution in [1.29, 1.82) is 0 Å². The molecule has 3 aromatic rings. The van der Waals surface area contributed by atoms with Crippen molar-refractivity contribution in [3.63, 3.8) is 0 Å². The van der Waals surface area contributed by atoms with Gasteiger partial charge in [-0.2, -0.15) is 0 Å². The molecule has 134 valence electrons. The highest BCUT2D eigenvalue weighted by atomic mass is 35.5. The van der Waals surface area contributed by atoms with Gasteiger partial charge in [0.2, 0.25) is 5.91 Å². The third-order valence-electron chi connectivity index (χ3n) is 4.32. The number of likely N-dealkylation sites (N-methyl/N-ethyl adjacent to an activating group) is 1. The fourth-order valence-electron chi connectivity index (χ4n) is 2.97. The minimum Gasteiger partial charge on any atom is -0.506 e. The van der Waals surface area contributed by atoms with Crippen LogP contribution in [0.5, 0.6) is 5.75 Å². The largest absolute Gasteiger partial charge is 0.506 e. The quantitative estimate of drug-likeness (QED) is 0.711. The van der Waals surface area contributed by atoms with Crippen LogP contribution in [0.1, 0.15) is 21.6 Å². The summed E-state index contributed by atoms with van der Waals surface area (Å²) in [7, 11) is 1.54. The van der Waals surface area contributed by atoms with Gasteiger partial charge in [-0.25, -0.2) is 0 Å². The summed E-state index contributed by atoms with van der Waals surface area (Å²) in [4.78, 5) is 25.0. The molecule has 0 unspecified atom stereocenters. The molecule has 0 atom stereocenters. The highest BCUT2D eigenvalue weighted by molar-refractivity contribution is 6.37. The number of hydrogen-bond acceptors (Lipinski definition) is 3. The first kappa shape index (κ1) is 18.3. The zero-order chi connectivity index (χ0) is 19.0. The number of hydrogen-bond donors (Lipinski definition) is 2. The summed E-state index contributed by atoms with van der Waals surface area (Å²) in [5, 5.41) is 13.7. The third-order valence-corrected chi connectivity index (χ3v) is 4.96. The lowest BCUT2D eigenvalue weighted by molar-refractivity contribution is -0.119. The molecule has 0 spiro atoms. The minimum atomic E-state index is -0.269. The van der Waals surface area contributed by atoms with E-state index >= 15 is 0 Å². The van der Waals surface area contributed by atoms with Gasteiger partial charge in [-0.1, -0.05) is 23.2 Å². The molecule has 1 amide bonds. The molecule has 0 radical (unpaired) electrons. The van der Waals surface area contributed by atoms with Gasteiger partial charge in [-0.15, -0.1) is 0 Å². The molecule has 0 aliphatic rings. The minimum absolute atomic E-state index is 0.0445. The lowest BCUT2D eigenvalue weighted by atomic mass is 10.1. The predicted molar refractivity (Wildman–Crippen MR) is 102 cm³/mol. The van der Waals surface area contributed by atoms with Gasteiger partial charge in [-0.05, 0) is 48.9 Å². The Kier molecular flexibility index (Phi) is 4.94. The van der Waals surface area contributed by atoms with Crippen LogP contribution in [0.15, 0.2) is 36.4 Å². The van der Waals surface area contributed by atoms with E-state index in [9.17, 15) is 14.7 Å². The summed E-state index contributed by atoms with van der Waals surface area (Å²) in [6, 6.07) is 9.59. The number of aromatic hydroxyl groups is 1. The van der Waals surface area contributed by atoms with Crippen LogP contribution in [-0.4, -0.2) is 28.5 Å². The first-order valence-corrected chi connectivity index (χ1v) is 8.63. The number of nitrogens with one attached hydrogen (secondary N) is 1. The van der Waals surface area contributed by atoms with Crippen molar-refractivity contribution < 1.29 is 14.7 Å². The molecule has 5 nitrogen and oxygen atoms in total. The summed E-state index contributed by atoms with van der Waals surface area (Å²) in [5.74, 6) is -0.590. The van der Waals surface area contributed by atoms with Crippen LogP contribution in [0.2, 0.25) is 10.0 Å². The van der Waals surface area contributed by atoms with E-state index in [2.05, 4.69) is 5.32 Å². The van der Waals surface area contributed by atoms with E-state index in [0.29, 0.717) is 32.7 Å². The third kappa shape index (κ3) is 3.04. The van der Waals surface area contributed by atoms with E-state index in [0.717, 1.165) is 0 Å². The number of fused-ring (bicyclic) bond motifs is 1. The van der Waals surface area contributed by atoms with Gasteiger partial charge in [0.05, 0.1) is 17.0 Å². The van der Waals surface area contributed by atoms with Gasteiger partial charge in [0.25, 0.3) is 5.91 Å². The van der Waals surface area contributed by atoms with Crippen LogP contribution in [0.25, 0.3) is 10.9 Å². The number of rotatable bonds is 3. The summed E-state index contributed by atoms with van der Waals surface area (Å²) < 4.78 is 1.50. The zero-order valence-corrected chi connectivity index (χ0v) is 15.6. The van der Waals surface area contributed by atoms with E-state index in [1.54, 1.807) is 37.3 Å². The molecule has 3 rings (SSSR count).